The molecule has 0 radical (unpaired) electrons. The minimum absolute atomic E-state index is 0.419. The molecule has 72 valence electrons. The van der Waals surface area contributed by atoms with Crippen LogP contribution in [0.5, 0.6) is 0 Å². The number of carbonyl (C=O) groups is 1. The number of alkyl halides is 1. The van der Waals surface area contributed by atoms with Crippen LogP contribution in [0.25, 0.3) is 0 Å². The summed E-state index contributed by atoms with van der Waals surface area (Å²) in [7, 11) is 1.44. The quantitative estimate of drug-likeness (QED) is 0.546. The summed E-state index contributed by atoms with van der Waals surface area (Å²) >= 11 is 3.10. The first kappa shape index (κ1) is 11.9. The zero-order valence-corrected chi connectivity index (χ0v) is 9.69. The number of hydrogen-bond acceptors (Lipinski definition) is 3. The van der Waals surface area contributed by atoms with E-state index in [-0.39, 0.29) is 0 Å². The first-order chi connectivity index (χ1) is 5.19. The van der Waals surface area contributed by atoms with Crippen LogP contribution in [0.15, 0.2) is 0 Å². The predicted octanol–water partition coefficient (Wildman–Crippen LogP) is 2.09. The lowest BCUT2D eigenvalue weighted by Gasteiger charge is -2.25. The van der Waals surface area contributed by atoms with Gasteiger partial charge in [-0.2, -0.15) is 0 Å². The Hall–Kier alpha value is -0.0900. The van der Waals surface area contributed by atoms with Gasteiger partial charge in [0.25, 0.3) is 0 Å². The lowest BCUT2D eigenvalue weighted by Crippen LogP contribution is -2.37. The maximum absolute atomic E-state index is 11.3. The normalized spacial score (nSPS) is 16.8. The van der Waals surface area contributed by atoms with E-state index >= 15 is 0 Å². The van der Waals surface area contributed by atoms with Gasteiger partial charge in [-0.25, -0.2) is 4.79 Å². The molecule has 0 amide bonds. The van der Waals surface area contributed by atoms with Crippen molar-refractivity contribution >= 4 is 21.9 Å². The molecule has 1 unspecified atom stereocenters. The molecule has 1 atom stereocenters. The van der Waals surface area contributed by atoms with Crippen LogP contribution in [0.2, 0.25) is 0 Å². The summed E-state index contributed by atoms with van der Waals surface area (Å²) in [5.74, 6) is -0.419. The summed E-state index contributed by atoms with van der Waals surface area (Å²) in [6.07, 6.45) is 0. The van der Waals surface area contributed by atoms with Crippen molar-refractivity contribution in [1.29, 1.82) is 0 Å². The van der Waals surface area contributed by atoms with E-state index in [1.165, 1.54) is 7.11 Å². The molecule has 0 spiro atoms. The second kappa shape index (κ2) is 3.75. The molecule has 0 rings (SSSR count). The van der Waals surface area contributed by atoms with Crippen LogP contribution in [0.1, 0.15) is 27.7 Å². The molecule has 0 aromatic rings. The van der Waals surface area contributed by atoms with Crippen LogP contribution < -0.4 is 0 Å². The van der Waals surface area contributed by atoms with Crippen LogP contribution in [0.3, 0.4) is 0 Å². The Morgan fingerprint density at radius 2 is 1.67 bits per heavy atom. The zero-order valence-electron chi connectivity index (χ0n) is 8.10. The highest BCUT2D eigenvalue weighted by Crippen LogP contribution is 2.22. The summed E-state index contributed by atoms with van der Waals surface area (Å²) in [6, 6.07) is 0. The molecule has 0 aliphatic rings. The Labute approximate surface area is 81.6 Å². The fraction of sp³-hybridized carbons (Fsp3) is 0.875. The number of carbonyl (C=O) groups excluding carboxylic acids is 1. The smallest absolute Gasteiger partial charge is 0.349 e. The van der Waals surface area contributed by atoms with Gasteiger partial charge in [0.15, 0.2) is 0 Å². The Balaban J connectivity index is 4.23. The fourth-order valence-electron chi connectivity index (χ4n) is 0.453. The van der Waals surface area contributed by atoms with Crippen molar-refractivity contribution < 1.29 is 14.3 Å². The highest BCUT2D eigenvalue weighted by atomic mass is 79.9. The van der Waals surface area contributed by atoms with Crippen molar-refractivity contribution in [3.8, 4) is 0 Å². The van der Waals surface area contributed by atoms with E-state index in [1.54, 1.807) is 6.92 Å². The topological polar surface area (TPSA) is 35.5 Å². The van der Waals surface area contributed by atoms with Gasteiger partial charge in [-0.05, 0) is 43.6 Å². The molecule has 0 aromatic carbocycles. The van der Waals surface area contributed by atoms with Gasteiger partial charge in [0.1, 0.15) is 5.60 Å². The van der Waals surface area contributed by atoms with Gasteiger partial charge < -0.3 is 9.47 Å². The molecule has 12 heavy (non-hydrogen) atoms. The standard InChI is InChI=1S/C8H15BrO3/c1-7(2,3)12-6(10)8(4,9)11-5/h1-5H3. The van der Waals surface area contributed by atoms with Gasteiger partial charge in [0.2, 0.25) is 4.51 Å². The van der Waals surface area contributed by atoms with Crippen LogP contribution in [-0.2, 0) is 14.3 Å². The van der Waals surface area contributed by atoms with Gasteiger partial charge in [-0.15, -0.1) is 0 Å². The molecule has 0 fully saturated rings. The molecular weight excluding hydrogens is 224 g/mol. The summed E-state index contributed by atoms with van der Waals surface area (Å²) in [5.41, 5.74) is -0.482. The Kier molecular flexibility index (Phi) is 3.72. The summed E-state index contributed by atoms with van der Waals surface area (Å²) in [6.45, 7) is 7.03. The fourth-order valence-corrected chi connectivity index (χ4v) is 0.534. The van der Waals surface area contributed by atoms with Crippen molar-refractivity contribution in [2.24, 2.45) is 0 Å². The van der Waals surface area contributed by atoms with Crippen molar-refractivity contribution in [3.05, 3.63) is 0 Å². The average molecular weight is 239 g/mol. The lowest BCUT2D eigenvalue weighted by molar-refractivity contribution is -0.168. The Bertz CT molecular complexity index is 170. The molecule has 3 nitrogen and oxygen atoms in total. The Morgan fingerprint density at radius 3 is 1.92 bits per heavy atom. The van der Waals surface area contributed by atoms with Crippen molar-refractivity contribution in [1.82, 2.24) is 0 Å². The van der Waals surface area contributed by atoms with Gasteiger partial charge in [-0.1, -0.05) is 0 Å². The largest absolute Gasteiger partial charge is 0.457 e. The molecule has 0 heterocycles. The number of ether oxygens (including phenoxy) is 2. The van der Waals surface area contributed by atoms with Gasteiger partial charge in [0, 0.05) is 7.11 Å². The number of methoxy groups -OCH3 is 1. The minimum Gasteiger partial charge on any atom is -0.457 e. The van der Waals surface area contributed by atoms with Crippen LogP contribution >= 0.6 is 15.9 Å². The van der Waals surface area contributed by atoms with E-state index in [4.69, 9.17) is 9.47 Å². The number of hydrogen-bond donors (Lipinski definition) is 0. The molecule has 0 N–H and O–H groups in total. The lowest BCUT2D eigenvalue weighted by atomic mass is 10.2. The zero-order chi connectivity index (χ0) is 9.99. The SMILES string of the molecule is COC(C)(Br)C(=O)OC(C)(C)C. The summed E-state index contributed by atoms with van der Waals surface area (Å²) < 4.78 is 8.93. The molecule has 0 bridgehead atoms. The minimum atomic E-state index is -1.04. The molecule has 0 aliphatic heterocycles. The molecule has 0 saturated heterocycles. The Morgan fingerprint density at radius 1 is 1.25 bits per heavy atom. The third-order valence-electron chi connectivity index (χ3n) is 1.15. The van der Waals surface area contributed by atoms with Crippen LogP contribution in [0, 0.1) is 0 Å². The first-order valence-corrected chi connectivity index (χ1v) is 4.46. The summed E-state index contributed by atoms with van der Waals surface area (Å²) in [4.78, 5) is 11.3. The van der Waals surface area contributed by atoms with E-state index in [0.29, 0.717) is 0 Å². The van der Waals surface area contributed by atoms with E-state index in [1.807, 2.05) is 20.8 Å². The summed E-state index contributed by atoms with van der Waals surface area (Å²) in [5, 5.41) is 0. The monoisotopic (exact) mass is 238 g/mol. The van der Waals surface area contributed by atoms with Gasteiger partial charge >= 0.3 is 5.97 Å². The second-order valence-corrected chi connectivity index (χ2v) is 5.14. The molecule has 0 aromatic heterocycles. The highest BCUT2D eigenvalue weighted by molar-refractivity contribution is 9.10. The second-order valence-electron chi connectivity index (χ2n) is 3.62. The number of rotatable bonds is 2. The van der Waals surface area contributed by atoms with E-state index < -0.39 is 16.1 Å². The van der Waals surface area contributed by atoms with Crippen LogP contribution in [0.4, 0.5) is 0 Å². The van der Waals surface area contributed by atoms with Crippen molar-refractivity contribution in [2.45, 2.75) is 37.8 Å². The van der Waals surface area contributed by atoms with Crippen molar-refractivity contribution in [2.75, 3.05) is 7.11 Å². The van der Waals surface area contributed by atoms with Crippen LogP contribution in [-0.4, -0.2) is 23.2 Å². The molecule has 0 aliphatic carbocycles. The first-order valence-electron chi connectivity index (χ1n) is 3.66. The third kappa shape index (κ3) is 4.07. The maximum Gasteiger partial charge on any atom is 0.349 e. The third-order valence-corrected chi connectivity index (χ3v) is 1.79. The maximum atomic E-state index is 11.3. The molecular formula is C8H15BrO3. The number of halogens is 1. The molecule has 4 heteroatoms. The van der Waals surface area contributed by atoms with E-state index in [9.17, 15) is 4.79 Å². The highest BCUT2D eigenvalue weighted by Gasteiger charge is 2.34. The predicted molar refractivity (Wildman–Crippen MR) is 50.2 cm³/mol. The van der Waals surface area contributed by atoms with Gasteiger partial charge in [0.05, 0.1) is 0 Å². The van der Waals surface area contributed by atoms with E-state index in [2.05, 4.69) is 15.9 Å². The van der Waals surface area contributed by atoms with Crippen molar-refractivity contribution in [3.63, 3.8) is 0 Å². The van der Waals surface area contributed by atoms with E-state index in [0.717, 1.165) is 0 Å². The number of esters is 1. The molecule has 0 saturated carbocycles. The average Bonchev–Trinajstić information content (AvgIpc) is 1.84. The van der Waals surface area contributed by atoms with Gasteiger partial charge in [-0.3, -0.25) is 0 Å².